The van der Waals surface area contributed by atoms with Crippen LogP contribution in [0.1, 0.15) is 0 Å². The molecule has 0 unspecified atom stereocenters. The Morgan fingerprint density at radius 2 is 0.286 bits per heavy atom. The fraction of sp³-hybridized carbons (Fsp3) is 0. The predicted octanol–water partition coefficient (Wildman–Crippen LogP) is -15.0. The van der Waals surface area contributed by atoms with Crippen molar-refractivity contribution in [1.82, 2.24) is 0 Å². The molecule has 0 radical (unpaired) electrons. The fourth-order valence-electron chi connectivity index (χ4n) is 0. The maximum Gasteiger partial charge on any atom is 5.00 e. The first-order valence-corrected chi connectivity index (χ1v) is 0. The molecular formula is Cl5Ta2+5. The first-order valence-electron chi connectivity index (χ1n) is 0. The Kier molecular flexibility index (Phi) is 862. The van der Waals surface area contributed by atoms with Crippen molar-refractivity contribution in [3.63, 3.8) is 0 Å². The van der Waals surface area contributed by atoms with E-state index >= 15 is 0 Å². The molecule has 7 heteroatoms. The molecule has 40 valence electrons. The van der Waals surface area contributed by atoms with E-state index in [4.69, 9.17) is 0 Å². The number of hydrogen-bond donors (Lipinski definition) is 0. The predicted molar refractivity (Wildman–Crippen MR) is 0 cm³/mol. The van der Waals surface area contributed by atoms with Gasteiger partial charge in [-0.1, -0.05) is 0 Å². The third-order valence-corrected chi connectivity index (χ3v) is 0. The molecule has 0 fully saturated rings. The van der Waals surface area contributed by atoms with E-state index in [0.29, 0.717) is 0 Å². The molecule has 7 heavy (non-hydrogen) atoms. The van der Waals surface area contributed by atoms with Crippen molar-refractivity contribution in [2.45, 2.75) is 0 Å². The molecule has 0 bridgehead atoms. The minimum atomic E-state index is 0. The fourth-order valence-corrected chi connectivity index (χ4v) is 0. The van der Waals surface area contributed by atoms with Crippen LogP contribution in [0.15, 0.2) is 0 Å². The van der Waals surface area contributed by atoms with Gasteiger partial charge >= 0.3 is 44.8 Å². The molecule has 0 aromatic rings. The van der Waals surface area contributed by atoms with Crippen molar-refractivity contribution in [1.29, 1.82) is 0 Å². The van der Waals surface area contributed by atoms with Crippen LogP contribution in [-0.2, 0) is 44.8 Å². The van der Waals surface area contributed by atoms with Crippen LogP contribution in [0.4, 0.5) is 0 Å². The number of rotatable bonds is 0. The van der Waals surface area contributed by atoms with Crippen molar-refractivity contribution in [3.8, 4) is 0 Å². The molecular weight excluding hydrogens is 539 g/mol. The van der Waals surface area contributed by atoms with Gasteiger partial charge < -0.3 is 62.0 Å². The summed E-state index contributed by atoms with van der Waals surface area (Å²) < 4.78 is 0. The summed E-state index contributed by atoms with van der Waals surface area (Å²) >= 11 is 0. The Bertz CT molecular complexity index is 6.04. The molecule has 0 atom stereocenters. The van der Waals surface area contributed by atoms with Gasteiger partial charge in [0, 0.05) is 0 Å². The van der Waals surface area contributed by atoms with Crippen molar-refractivity contribution < 1.29 is 107 Å². The second-order valence-electron chi connectivity index (χ2n) is 0. The Morgan fingerprint density at radius 3 is 0.286 bits per heavy atom. The molecule has 0 spiro atoms. The SMILES string of the molecule is [Cl-].[Cl-].[Cl-].[Cl-].[Cl-].[Ta+5].[Ta+5]. The van der Waals surface area contributed by atoms with E-state index in [-0.39, 0.29) is 107 Å². The van der Waals surface area contributed by atoms with Gasteiger partial charge in [0.2, 0.25) is 0 Å². The smallest absolute Gasteiger partial charge is 1.00 e. The summed E-state index contributed by atoms with van der Waals surface area (Å²) in [6.45, 7) is 0. The summed E-state index contributed by atoms with van der Waals surface area (Å²) in [6, 6.07) is 0. The maximum atomic E-state index is 0. The van der Waals surface area contributed by atoms with Crippen molar-refractivity contribution in [3.05, 3.63) is 0 Å². The minimum absolute atomic E-state index is 0. The zero-order valence-corrected chi connectivity index (χ0v) is 13.0. The van der Waals surface area contributed by atoms with Crippen LogP contribution in [0.3, 0.4) is 0 Å². The van der Waals surface area contributed by atoms with E-state index in [1.807, 2.05) is 0 Å². The summed E-state index contributed by atoms with van der Waals surface area (Å²) in [6.07, 6.45) is 0. The van der Waals surface area contributed by atoms with Crippen molar-refractivity contribution in [2.24, 2.45) is 0 Å². The topological polar surface area (TPSA) is 0 Å². The second kappa shape index (κ2) is 65.4. The molecule has 0 saturated carbocycles. The van der Waals surface area contributed by atoms with Crippen molar-refractivity contribution >= 4 is 0 Å². The molecule has 0 nitrogen and oxygen atoms in total. The normalized spacial score (nSPS) is 0. The van der Waals surface area contributed by atoms with Gasteiger partial charge in [0.15, 0.2) is 0 Å². The van der Waals surface area contributed by atoms with E-state index in [0.717, 1.165) is 0 Å². The quantitative estimate of drug-likeness (QED) is 0.287. The third-order valence-electron chi connectivity index (χ3n) is 0. The van der Waals surface area contributed by atoms with E-state index in [1.165, 1.54) is 0 Å². The van der Waals surface area contributed by atoms with Gasteiger partial charge in [-0.25, -0.2) is 0 Å². The molecule has 0 aliphatic carbocycles. The van der Waals surface area contributed by atoms with E-state index in [2.05, 4.69) is 0 Å². The van der Waals surface area contributed by atoms with Crippen LogP contribution in [-0.4, -0.2) is 0 Å². The Labute approximate surface area is 105 Å². The van der Waals surface area contributed by atoms with Crippen molar-refractivity contribution in [2.75, 3.05) is 0 Å². The summed E-state index contributed by atoms with van der Waals surface area (Å²) in [5.41, 5.74) is 0. The summed E-state index contributed by atoms with van der Waals surface area (Å²) in [7, 11) is 0. The molecule has 0 aliphatic rings. The standard InChI is InChI=1S/5ClH.2Ta/h5*1H;;/q;;;;;2*+5/p-5. The number of hydrogen-bond acceptors (Lipinski definition) is 0. The zero-order valence-electron chi connectivity index (χ0n) is 2.78. The van der Waals surface area contributed by atoms with Crippen LogP contribution < -0.4 is 62.0 Å². The molecule has 0 amide bonds. The number of halogens is 5. The molecule has 0 aromatic heterocycles. The third kappa shape index (κ3) is 49.9. The molecule has 0 saturated heterocycles. The van der Waals surface area contributed by atoms with Gasteiger partial charge in [-0.2, -0.15) is 0 Å². The monoisotopic (exact) mass is 537 g/mol. The van der Waals surface area contributed by atoms with E-state index in [1.54, 1.807) is 0 Å². The second-order valence-corrected chi connectivity index (χ2v) is 0. The first kappa shape index (κ1) is 92.2. The molecule has 0 aliphatic heterocycles. The van der Waals surface area contributed by atoms with Gasteiger partial charge in [0.05, 0.1) is 0 Å². The van der Waals surface area contributed by atoms with Crippen LogP contribution >= 0.6 is 0 Å². The summed E-state index contributed by atoms with van der Waals surface area (Å²) in [5, 5.41) is 0. The van der Waals surface area contributed by atoms with Crippen LogP contribution in [0.5, 0.6) is 0 Å². The average Bonchev–Trinajstić information content (AvgIpc) is 0. The van der Waals surface area contributed by atoms with Gasteiger partial charge in [0.1, 0.15) is 0 Å². The molecule has 0 N–H and O–H groups in total. The first-order chi connectivity index (χ1) is 0. The molecule has 0 aromatic carbocycles. The van der Waals surface area contributed by atoms with Crippen LogP contribution in [0, 0.1) is 0 Å². The zero-order chi connectivity index (χ0) is 0. The van der Waals surface area contributed by atoms with Gasteiger partial charge in [-0.05, 0) is 0 Å². The van der Waals surface area contributed by atoms with E-state index in [9.17, 15) is 0 Å². The van der Waals surface area contributed by atoms with Gasteiger partial charge in [-0.15, -0.1) is 0 Å². The maximum absolute atomic E-state index is 0. The summed E-state index contributed by atoms with van der Waals surface area (Å²) in [5.74, 6) is 0. The Balaban J connectivity index is 0. The van der Waals surface area contributed by atoms with Crippen LogP contribution in [0.2, 0.25) is 0 Å². The van der Waals surface area contributed by atoms with Crippen LogP contribution in [0.25, 0.3) is 0 Å². The minimum Gasteiger partial charge on any atom is -1.00 e. The van der Waals surface area contributed by atoms with Gasteiger partial charge in [-0.3, -0.25) is 0 Å². The van der Waals surface area contributed by atoms with Gasteiger partial charge in [0.25, 0.3) is 0 Å². The Morgan fingerprint density at radius 1 is 0.286 bits per heavy atom. The summed E-state index contributed by atoms with van der Waals surface area (Å²) in [4.78, 5) is 0. The average molecular weight is 539 g/mol. The Hall–Kier alpha value is 2.93. The molecule has 0 rings (SSSR count). The largest absolute Gasteiger partial charge is 5.00 e. The molecule has 0 heterocycles. The van der Waals surface area contributed by atoms with E-state index < -0.39 is 0 Å².